The van der Waals surface area contributed by atoms with Gasteiger partial charge in [0.25, 0.3) is 5.91 Å². The first-order valence-corrected chi connectivity index (χ1v) is 8.53. The van der Waals surface area contributed by atoms with Gasteiger partial charge in [0.15, 0.2) is 0 Å². The van der Waals surface area contributed by atoms with E-state index in [9.17, 15) is 4.79 Å². The average Bonchev–Trinajstić information content (AvgIpc) is 2.54. The minimum absolute atomic E-state index is 0.0964. The van der Waals surface area contributed by atoms with E-state index in [4.69, 9.17) is 4.74 Å². The van der Waals surface area contributed by atoms with E-state index in [0.29, 0.717) is 12.3 Å². The Bertz CT molecular complexity index is 395. The first-order chi connectivity index (χ1) is 10.7. The van der Waals surface area contributed by atoms with Gasteiger partial charge in [-0.15, -0.1) is 0 Å². The Morgan fingerprint density at radius 2 is 1.95 bits per heavy atom. The van der Waals surface area contributed by atoms with Crippen LogP contribution < -0.4 is 5.32 Å². The molecule has 0 aliphatic rings. The standard InChI is InChI=1S/C18H30N2O2/c1-3-4-5-6-7-10-14-22-15-12-16(2)20-18(21)17-11-8-9-13-19-17/h8-9,11,13,16H,3-7,10,12,14-15H2,1-2H3,(H,20,21). The molecule has 1 rings (SSSR count). The Morgan fingerprint density at radius 1 is 1.18 bits per heavy atom. The number of carbonyl (C=O) groups excluding carboxylic acids is 1. The van der Waals surface area contributed by atoms with Crippen LogP contribution in [0.2, 0.25) is 0 Å². The van der Waals surface area contributed by atoms with Crippen molar-refractivity contribution in [1.29, 1.82) is 0 Å². The zero-order valence-electron chi connectivity index (χ0n) is 14.0. The summed E-state index contributed by atoms with van der Waals surface area (Å²) in [6, 6.07) is 5.43. The summed E-state index contributed by atoms with van der Waals surface area (Å²) in [5.41, 5.74) is 0.461. The van der Waals surface area contributed by atoms with Crippen LogP contribution in [0, 0.1) is 0 Å². The van der Waals surface area contributed by atoms with Crippen LogP contribution in [0.1, 0.15) is 69.3 Å². The number of nitrogens with zero attached hydrogens (tertiary/aromatic N) is 1. The van der Waals surface area contributed by atoms with Crippen molar-refractivity contribution in [2.45, 2.75) is 64.8 Å². The van der Waals surface area contributed by atoms with Crippen molar-refractivity contribution in [3.05, 3.63) is 30.1 Å². The molecule has 1 aromatic rings. The van der Waals surface area contributed by atoms with Gasteiger partial charge in [0.05, 0.1) is 0 Å². The van der Waals surface area contributed by atoms with Gasteiger partial charge in [-0.1, -0.05) is 45.1 Å². The number of ether oxygens (including phenoxy) is 1. The topological polar surface area (TPSA) is 51.2 Å². The van der Waals surface area contributed by atoms with Crippen molar-refractivity contribution >= 4 is 5.91 Å². The highest BCUT2D eigenvalue weighted by molar-refractivity contribution is 5.92. The van der Waals surface area contributed by atoms with Crippen molar-refractivity contribution < 1.29 is 9.53 Å². The molecule has 0 aromatic carbocycles. The molecule has 4 nitrogen and oxygen atoms in total. The molecule has 1 heterocycles. The second-order valence-electron chi connectivity index (χ2n) is 5.76. The zero-order chi connectivity index (χ0) is 16.0. The lowest BCUT2D eigenvalue weighted by atomic mass is 10.1. The van der Waals surface area contributed by atoms with E-state index in [1.165, 1.54) is 32.1 Å². The van der Waals surface area contributed by atoms with E-state index in [2.05, 4.69) is 17.2 Å². The van der Waals surface area contributed by atoms with Crippen LogP contribution in [0.15, 0.2) is 24.4 Å². The van der Waals surface area contributed by atoms with Crippen molar-refractivity contribution in [2.75, 3.05) is 13.2 Å². The van der Waals surface area contributed by atoms with Crippen molar-refractivity contribution in [3.8, 4) is 0 Å². The van der Waals surface area contributed by atoms with E-state index in [0.717, 1.165) is 19.4 Å². The molecule has 124 valence electrons. The number of amides is 1. The highest BCUT2D eigenvalue weighted by Crippen LogP contribution is 2.05. The summed E-state index contributed by atoms with van der Waals surface area (Å²) in [4.78, 5) is 15.9. The van der Waals surface area contributed by atoms with Gasteiger partial charge in [-0.3, -0.25) is 9.78 Å². The van der Waals surface area contributed by atoms with Crippen LogP contribution >= 0.6 is 0 Å². The Labute approximate surface area is 134 Å². The van der Waals surface area contributed by atoms with E-state index < -0.39 is 0 Å². The van der Waals surface area contributed by atoms with Gasteiger partial charge in [-0.05, 0) is 31.9 Å². The maximum atomic E-state index is 11.9. The second kappa shape index (κ2) is 12.2. The molecule has 1 amide bonds. The van der Waals surface area contributed by atoms with Crippen LogP contribution in [0.25, 0.3) is 0 Å². The van der Waals surface area contributed by atoms with E-state index in [1.54, 1.807) is 18.3 Å². The van der Waals surface area contributed by atoms with Gasteiger partial charge >= 0.3 is 0 Å². The monoisotopic (exact) mass is 306 g/mol. The molecule has 0 aliphatic carbocycles. The number of carbonyl (C=O) groups is 1. The molecule has 0 bridgehead atoms. The lowest BCUT2D eigenvalue weighted by molar-refractivity contribution is 0.0907. The highest BCUT2D eigenvalue weighted by Gasteiger charge is 2.10. The maximum Gasteiger partial charge on any atom is 0.270 e. The molecule has 1 unspecified atom stereocenters. The van der Waals surface area contributed by atoms with Crippen molar-refractivity contribution in [3.63, 3.8) is 0 Å². The van der Waals surface area contributed by atoms with Gasteiger partial charge in [0, 0.05) is 25.5 Å². The number of rotatable bonds is 12. The zero-order valence-corrected chi connectivity index (χ0v) is 14.0. The molecule has 1 N–H and O–H groups in total. The predicted molar refractivity (Wildman–Crippen MR) is 90.0 cm³/mol. The molecule has 4 heteroatoms. The SMILES string of the molecule is CCCCCCCCOCCC(C)NC(=O)c1ccccn1. The molecule has 1 atom stereocenters. The number of hydrogen-bond acceptors (Lipinski definition) is 3. The lowest BCUT2D eigenvalue weighted by Crippen LogP contribution is -2.33. The molecule has 0 fully saturated rings. The summed E-state index contributed by atoms with van der Waals surface area (Å²) in [6.07, 6.45) is 10.1. The number of pyridine rings is 1. The van der Waals surface area contributed by atoms with Crippen LogP contribution in [-0.2, 0) is 4.74 Å². The first-order valence-electron chi connectivity index (χ1n) is 8.53. The number of aromatic nitrogens is 1. The molecular weight excluding hydrogens is 276 g/mol. The predicted octanol–water partition coefficient (Wildman–Crippen LogP) is 3.97. The third-order valence-electron chi connectivity index (χ3n) is 3.61. The van der Waals surface area contributed by atoms with Crippen LogP contribution in [0.4, 0.5) is 0 Å². The normalized spacial score (nSPS) is 12.1. The van der Waals surface area contributed by atoms with Gasteiger partial charge in [-0.25, -0.2) is 0 Å². The summed E-state index contributed by atoms with van der Waals surface area (Å²) in [6.45, 7) is 5.75. The van der Waals surface area contributed by atoms with E-state index in [-0.39, 0.29) is 11.9 Å². The summed E-state index contributed by atoms with van der Waals surface area (Å²) in [5, 5.41) is 2.94. The van der Waals surface area contributed by atoms with Gasteiger partial charge in [0.2, 0.25) is 0 Å². The molecule has 22 heavy (non-hydrogen) atoms. The minimum atomic E-state index is -0.121. The third kappa shape index (κ3) is 8.78. The molecule has 0 saturated carbocycles. The van der Waals surface area contributed by atoms with E-state index in [1.807, 2.05) is 13.0 Å². The quantitative estimate of drug-likeness (QED) is 0.595. The molecule has 1 aromatic heterocycles. The smallest absolute Gasteiger partial charge is 0.270 e. The molecule has 0 aliphatic heterocycles. The fourth-order valence-corrected chi connectivity index (χ4v) is 2.21. The van der Waals surface area contributed by atoms with Gasteiger partial charge < -0.3 is 10.1 Å². The summed E-state index contributed by atoms with van der Waals surface area (Å²) >= 11 is 0. The molecule has 0 spiro atoms. The maximum absolute atomic E-state index is 11.9. The summed E-state index contributed by atoms with van der Waals surface area (Å²) in [5.74, 6) is -0.121. The van der Waals surface area contributed by atoms with Crippen LogP contribution in [0.5, 0.6) is 0 Å². The van der Waals surface area contributed by atoms with E-state index >= 15 is 0 Å². The number of nitrogens with one attached hydrogen (secondary N) is 1. The van der Waals surface area contributed by atoms with Crippen LogP contribution in [-0.4, -0.2) is 30.1 Å². The van der Waals surface area contributed by atoms with Gasteiger partial charge in [-0.2, -0.15) is 0 Å². The average molecular weight is 306 g/mol. The summed E-state index contributed by atoms with van der Waals surface area (Å²) in [7, 11) is 0. The van der Waals surface area contributed by atoms with Crippen LogP contribution in [0.3, 0.4) is 0 Å². The Hall–Kier alpha value is -1.42. The molecular formula is C18H30N2O2. The third-order valence-corrected chi connectivity index (χ3v) is 3.61. The first kappa shape index (κ1) is 18.6. The van der Waals surface area contributed by atoms with Crippen molar-refractivity contribution in [1.82, 2.24) is 10.3 Å². The molecule has 0 radical (unpaired) electrons. The minimum Gasteiger partial charge on any atom is -0.381 e. The van der Waals surface area contributed by atoms with Gasteiger partial charge in [0.1, 0.15) is 5.69 Å². The lowest BCUT2D eigenvalue weighted by Gasteiger charge is -2.13. The Morgan fingerprint density at radius 3 is 2.68 bits per heavy atom. The fourth-order valence-electron chi connectivity index (χ4n) is 2.21. The fraction of sp³-hybridized carbons (Fsp3) is 0.667. The number of unbranched alkanes of at least 4 members (excludes halogenated alkanes) is 5. The Kier molecular flexibility index (Phi) is 10.3. The summed E-state index contributed by atoms with van der Waals surface area (Å²) < 4.78 is 5.63. The number of hydrogen-bond donors (Lipinski definition) is 1. The highest BCUT2D eigenvalue weighted by atomic mass is 16.5. The Balaban J connectivity index is 1.99. The second-order valence-corrected chi connectivity index (χ2v) is 5.76. The van der Waals surface area contributed by atoms with Crippen molar-refractivity contribution in [2.24, 2.45) is 0 Å². The largest absolute Gasteiger partial charge is 0.381 e. The molecule has 0 saturated heterocycles.